The first kappa shape index (κ1) is 16.6. The summed E-state index contributed by atoms with van der Waals surface area (Å²) in [7, 11) is 1.56. The van der Waals surface area contributed by atoms with Crippen LogP contribution in [0.25, 0.3) is 0 Å². The number of alkyl halides is 2. The van der Waals surface area contributed by atoms with Gasteiger partial charge in [0, 0.05) is 11.5 Å². The van der Waals surface area contributed by atoms with Crippen LogP contribution < -0.4 is 5.32 Å². The van der Waals surface area contributed by atoms with Gasteiger partial charge in [0.1, 0.15) is 4.33 Å². The van der Waals surface area contributed by atoms with Gasteiger partial charge in [-0.15, -0.1) is 23.2 Å². The first-order valence-electron chi connectivity index (χ1n) is 6.35. The molecule has 1 unspecified atom stereocenters. The molecule has 1 saturated carbocycles. The lowest BCUT2D eigenvalue weighted by molar-refractivity contribution is -0.137. The standard InChI is InChI=1S/C14H15BrCl2N2O2/c1-13(8-14(13,16)17)12(21)19(2)7-11(20)18-10-6-4-3-5-9(10)15/h3-6H,7-8H2,1-2H3,(H,18,20). The molecule has 1 aliphatic rings. The van der Waals surface area contributed by atoms with Crippen LogP contribution in [0.5, 0.6) is 0 Å². The predicted molar refractivity (Wildman–Crippen MR) is 87.6 cm³/mol. The summed E-state index contributed by atoms with van der Waals surface area (Å²) in [5, 5.41) is 2.74. The van der Waals surface area contributed by atoms with Gasteiger partial charge in [0.2, 0.25) is 11.8 Å². The lowest BCUT2D eigenvalue weighted by Crippen LogP contribution is -2.40. The Hall–Kier alpha value is -0.780. The molecule has 1 N–H and O–H groups in total. The van der Waals surface area contributed by atoms with Crippen molar-refractivity contribution in [1.29, 1.82) is 0 Å². The van der Waals surface area contributed by atoms with Crippen molar-refractivity contribution >= 4 is 56.6 Å². The number of rotatable bonds is 4. The van der Waals surface area contributed by atoms with E-state index < -0.39 is 9.75 Å². The van der Waals surface area contributed by atoms with Crippen molar-refractivity contribution in [2.45, 2.75) is 17.7 Å². The topological polar surface area (TPSA) is 49.4 Å². The molecule has 21 heavy (non-hydrogen) atoms. The van der Waals surface area contributed by atoms with Crippen LogP contribution in [0.15, 0.2) is 28.7 Å². The van der Waals surface area contributed by atoms with Crippen LogP contribution in [0.3, 0.4) is 0 Å². The van der Waals surface area contributed by atoms with E-state index in [0.29, 0.717) is 12.1 Å². The first-order valence-corrected chi connectivity index (χ1v) is 7.90. The molecule has 4 nitrogen and oxygen atoms in total. The molecule has 0 spiro atoms. The van der Waals surface area contributed by atoms with Gasteiger partial charge in [0.15, 0.2) is 0 Å². The molecule has 2 amide bonds. The summed E-state index contributed by atoms with van der Waals surface area (Å²) in [6, 6.07) is 7.26. The molecule has 0 radical (unpaired) electrons. The third-order valence-corrected chi connectivity index (χ3v) is 5.40. The van der Waals surface area contributed by atoms with E-state index in [1.165, 1.54) is 4.90 Å². The van der Waals surface area contributed by atoms with Gasteiger partial charge < -0.3 is 10.2 Å². The molecule has 114 valence electrons. The number of carbonyl (C=O) groups is 2. The van der Waals surface area contributed by atoms with Gasteiger partial charge in [-0.2, -0.15) is 0 Å². The maximum absolute atomic E-state index is 12.3. The second-order valence-electron chi connectivity index (χ2n) is 5.40. The van der Waals surface area contributed by atoms with E-state index in [-0.39, 0.29) is 18.4 Å². The van der Waals surface area contributed by atoms with E-state index >= 15 is 0 Å². The van der Waals surface area contributed by atoms with Crippen molar-refractivity contribution in [3.8, 4) is 0 Å². The molecule has 0 aromatic heterocycles. The average molecular weight is 394 g/mol. The molecule has 1 atom stereocenters. The number of nitrogens with zero attached hydrogens (tertiary/aromatic N) is 1. The van der Waals surface area contributed by atoms with Gasteiger partial charge in [-0.1, -0.05) is 12.1 Å². The first-order chi connectivity index (χ1) is 9.67. The number of hydrogen-bond acceptors (Lipinski definition) is 2. The van der Waals surface area contributed by atoms with Gasteiger partial charge >= 0.3 is 0 Å². The van der Waals surface area contributed by atoms with E-state index in [1.807, 2.05) is 18.2 Å². The molecular weight excluding hydrogens is 379 g/mol. The van der Waals surface area contributed by atoms with Crippen molar-refractivity contribution in [1.82, 2.24) is 4.90 Å². The Labute approximate surface area is 141 Å². The van der Waals surface area contributed by atoms with Crippen LogP contribution in [0.4, 0.5) is 5.69 Å². The van der Waals surface area contributed by atoms with Crippen molar-refractivity contribution in [2.75, 3.05) is 18.9 Å². The summed E-state index contributed by atoms with van der Waals surface area (Å²) in [5.74, 6) is -0.508. The second-order valence-corrected chi connectivity index (χ2v) is 7.74. The zero-order valence-electron chi connectivity index (χ0n) is 11.6. The summed E-state index contributed by atoms with van der Waals surface area (Å²) in [4.78, 5) is 25.6. The van der Waals surface area contributed by atoms with Gasteiger partial charge in [-0.25, -0.2) is 0 Å². The minimum Gasteiger partial charge on any atom is -0.336 e. The second kappa shape index (κ2) is 5.78. The zero-order valence-corrected chi connectivity index (χ0v) is 14.7. The Kier molecular flexibility index (Phi) is 4.57. The largest absolute Gasteiger partial charge is 0.336 e. The lowest BCUT2D eigenvalue weighted by Gasteiger charge is -2.21. The van der Waals surface area contributed by atoms with Crippen LogP contribution in [-0.4, -0.2) is 34.6 Å². The summed E-state index contributed by atoms with van der Waals surface area (Å²) < 4.78 is -0.251. The fraction of sp³-hybridized carbons (Fsp3) is 0.429. The van der Waals surface area contributed by atoms with E-state index in [2.05, 4.69) is 21.2 Å². The number of likely N-dealkylation sites (N-methyl/N-ethyl adjacent to an activating group) is 1. The highest BCUT2D eigenvalue weighted by molar-refractivity contribution is 9.10. The van der Waals surface area contributed by atoms with Crippen LogP contribution in [-0.2, 0) is 9.59 Å². The van der Waals surface area contributed by atoms with Gasteiger partial charge in [-0.3, -0.25) is 9.59 Å². The van der Waals surface area contributed by atoms with Crippen LogP contribution in [0.1, 0.15) is 13.3 Å². The number of hydrogen-bond donors (Lipinski definition) is 1. The number of amides is 2. The third kappa shape index (κ3) is 3.35. The van der Waals surface area contributed by atoms with E-state index in [0.717, 1.165) is 4.47 Å². The minimum atomic E-state index is -1.03. The highest BCUT2D eigenvalue weighted by atomic mass is 79.9. The summed E-state index contributed by atoms with van der Waals surface area (Å²) in [5.41, 5.74) is -0.150. The Morgan fingerprint density at radius 3 is 2.48 bits per heavy atom. The number of anilines is 1. The molecular formula is C14H15BrCl2N2O2. The monoisotopic (exact) mass is 392 g/mol. The van der Waals surface area contributed by atoms with Crippen LogP contribution in [0, 0.1) is 5.41 Å². The zero-order chi connectivity index (χ0) is 15.8. The maximum Gasteiger partial charge on any atom is 0.244 e. The molecule has 0 bridgehead atoms. The summed E-state index contributed by atoms with van der Waals surface area (Å²) in [6.45, 7) is 1.65. The number of para-hydroxylation sites is 1. The maximum atomic E-state index is 12.3. The minimum absolute atomic E-state index is 0.0559. The number of benzene rings is 1. The van der Waals surface area contributed by atoms with Crippen LogP contribution in [0.2, 0.25) is 0 Å². The van der Waals surface area contributed by atoms with Crippen molar-refractivity contribution in [3.63, 3.8) is 0 Å². The Bertz CT molecular complexity index is 594. The fourth-order valence-electron chi connectivity index (χ4n) is 2.09. The van der Waals surface area contributed by atoms with E-state index in [1.54, 1.807) is 20.0 Å². The smallest absolute Gasteiger partial charge is 0.244 e. The molecule has 7 heteroatoms. The molecule has 0 heterocycles. The van der Waals surface area contributed by atoms with Gasteiger partial charge in [0.25, 0.3) is 0 Å². The third-order valence-electron chi connectivity index (χ3n) is 3.61. The molecule has 1 aromatic rings. The molecule has 1 aromatic carbocycles. The fourth-order valence-corrected chi connectivity index (χ4v) is 3.17. The Morgan fingerprint density at radius 1 is 1.38 bits per heavy atom. The SMILES string of the molecule is CN(CC(=O)Nc1ccccc1Br)C(=O)C1(C)CC1(Cl)Cl. The van der Waals surface area contributed by atoms with Gasteiger partial charge in [0.05, 0.1) is 17.6 Å². The lowest BCUT2D eigenvalue weighted by atomic mass is 10.1. The quantitative estimate of drug-likeness (QED) is 0.796. The molecule has 2 rings (SSSR count). The van der Waals surface area contributed by atoms with E-state index in [9.17, 15) is 9.59 Å². The predicted octanol–water partition coefficient (Wildman–Crippen LogP) is 3.43. The summed E-state index contributed by atoms with van der Waals surface area (Å²) >= 11 is 15.3. The highest BCUT2D eigenvalue weighted by Crippen LogP contribution is 2.64. The normalized spacial score (nSPS) is 22.5. The number of halogens is 3. The molecule has 1 aliphatic carbocycles. The van der Waals surface area contributed by atoms with E-state index in [4.69, 9.17) is 23.2 Å². The van der Waals surface area contributed by atoms with Crippen LogP contribution >= 0.6 is 39.1 Å². The van der Waals surface area contributed by atoms with Gasteiger partial charge in [-0.05, 0) is 41.4 Å². The number of nitrogens with one attached hydrogen (secondary N) is 1. The Morgan fingerprint density at radius 2 is 1.95 bits per heavy atom. The highest BCUT2D eigenvalue weighted by Gasteiger charge is 2.68. The average Bonchev–Trinajstić information content (AvgIpc) is 2.91. The number of carbonyl (C=O) groups excluding carboxylic acids is 2. The Balaban J connectivity index is 1.94. The molecule has 0 aliphatic heterocycles. The summed E-state index contributed by atoms with van der Waals surface area (Å²) in [6.07, 6.45) is 0.401. The molecule has 0 saturated heterocycles. The van der Waals surface area contributed by atoms with Crippen molar-refractivity contribution in [2.24, 2.45) is 5.41 Å². The van der Waals surface area contributed by atoms with Crippen molar-refractivity contribution < 1.29 is 9.59 Å². The molecule has 1 fully saturated rings. The van der Waals surface area contributed by atoms with Crippen molar-refractivity contribution in [3.05, 3.63) is 28.7 Å².